The van der Waals surface area contributed by atoms with Crippen molar-refractivity contribution in [1.29, 1.82) is 0 Å². The van der Waals surface area contributed by atoms with Gasteiger partial charge in [0.05, 0.1) is 36.8 Å². The van der Waals surface area contributed by atoms with Crippen LogP contribution in [0.15, 0.2) is 48.5 Å². The van der Waals surface area contributed by atoms with Gasteiger partial charge in [-0.15, -0.1) is 0 Å². The standard InChI is InChI=1S/C26H29N3O7/c1-17-25(18-7-5-4-6-8-18)36-26(31)28(17)20-11-13-27(14-12-20)24(30)10-9-19-15-22(34-2)23(35-3)16-21(19)29(32)33/h4-10,15-17,20,25H,11-14H2,1-3H3. The second-order valence-electron chi connectivity index (χ2n) is 8.78. The molecule has 2 atom stereocenters. The number of hydrogen-bond donors (Lipinski definition) is 0. The van der Waals surface area contributed by atoms with Gasteiger partial charge >= 0.3 is 6.09 Å². The smallest absolute Gasteiger partial charge is 0.411 e. The summed E-state index contributed by atoms with van der Waals surface area (Å²) in [4.78, 5) is 39.9. The third-order valence-electron chi connectivity index (χ3n) is 6.75. The van der Waals surface area contributed by atoms with Crippen LogP contribution in [-0.4, -0.2) is 66.1 Å². The summed E-state index contributed by atoms with van der Waals surface area (Å²) in [6.45, 7) is 2.92. The van der Waals surface area contributed by atoms with Crippen LogP contribution in [-0.2, 0) is 9.53 Å². The zero-order valence-corrected chi connectivity index (χ0v) is 20.5. The number of piperidine rings is 1. The van der Waals surface area contributed by atoms with Crippen LogP contribution in [0.1, 0.15) is 37.0 Å². The van der Waals surface area contributed by atoms with E-state index in [-0.39, 0.29) is 47.2 Å². The lowest BCUT2D eigenvalue weighted by Crippen LogP contribution is -2.49. The topological polar surface area (TPSA) is 111 Å². The highest BCUT2D eigenvalue weighted by molar-refractivity contribution is 5.92. The zero-order chi connectivity index (χ0) is 25.8. The van der Waals surface area contributed by atoms with E-state index in [1.807, 2.05) is 37.3 Å². The summed E-state index contributed by atoms with van der Waals surface area (Å²) in [5.41, 5.74) is 1.01. The lowest BCUT2D eigenvalue weighted by atomic mass is 9.98. The molecule has 10 heteroatoms. The summed E-state index contributed by atoms with van der Waals surface area (Å²) in [7, 11) is 2.83. The van der Waals surface area contributed by atoms with Gasteiger partial charge in [-0.25, -0.2) is 4.79 Å². The predicted octanol–water partition coefficient (Wildman–Crippen LogP) is 4.20. The minimum absolute atomic E-state index is 0.0267. The first-order chi connectivity index (χ1) is 17.3. The van der Waals surface area contributed by atoms with Gasteiger partial charge in [-0.2, -0.15) is 0 Å². The van der Waals surface area contributed by atoms with E-state index in [2.05, 4.69) is 0 Å². The van der Waals surface area contributed by atoms with E-state index in [1.54, 1.807) is 9.80 Å². The maximum absolute atomic E-state index is 12.8. The van der Waals surface area contributed by atoms with Gasteiger partial charge < -0.3 is 19.1 Å². The fourth-order valence-corrected chi connectivity index (χ4v) is 4.86. The Labute approximate surface area is 209 Å². The van der Waals surface area contributed by atoms with E-state index >= 15 is 0 Å². The van der Waals surface area contributed by atoms with Gasteiger partial charge in [-0.05, 0) is 37.5 Å². The van der Waals surface area contributed by atoms with Gasteiger partial charge in [-0.1, -0.05) is 30.3 Å². The van der Waals surface area contributed by atoms with Crippen LogP contribution >= 0.6 is 0 Å². The normalized spacial score (nSPS) is 20.5. The number of nitrogens with zero attached hydrogens (tertiary/aromatic N) is 3. The van der Waals surface area contributed by atoms with Crippen molar-refractivity contribution >= 4 is 23.8 Å². The minimum atomic E-state index is -0.531. The molecule has 0 N–H and O–H groups in total. The molecule has 2 unspecified atom stereocenters. The number of rotatable bonds is 7. The molecule has 2 aliphatic heterocycles. The first-order valence-electron chi connectivity index (χ1n) is 11.7. The predicted molar refractivity (Wildman–Crippen MR) is 132 cm³/mol. The maximum Gasteiger partial charge on any atom is 0.411 e. The number of nitro groups is 1. The van der Waals surface area contributed by atoms with E-state index in [9.17, 15) is 19.7 Å². The van der Waals surface area contributed by atoms with Gasteiger partial charge in [0.25, 0.3) is 5.69 Å². The summed E-state index contributed by atoms with van der Waals surface area (Å²) < 4.78 is 16.0. The number of likely N-dealkylation sites (tertiary alicyclic amines) is 1. The number of amides is 2. The summed E-state index contributed by atoms with van der Waals surface area (Å²) in [6, 6.07) is 12.3. The van der Waals surface area contributed by atoms with E-state index in [4.69, 9.17) is 14.2 Å². The van der Waals surface area contributed by atoms with Crippen LogP contribution in [0, 0.1) is 10.1 Å². The summed E-state index contributed by atoms with van der Waals surface area (Å²) >= 11 is 0. The summed E-state index contributed by atoms with van der Waals surface area (Å²) in [5.74, 6) is 0.312. The van der Waals surface area contributed by atoms with Crippen LogP contribution in [0.2, 0.25) is 0 Å². The second kappa shape index (κ2) is 10.7. The quantitative estimate of drug-likeness (QED) is 0.322. The van der Waals surface area contributed by atoms with Crippen LogP contribution in [0.4, 0.5) is 10.5 Å². The van der Waals surface area contributed by atoms with Crippen LogP contribution in [0.5, 0.6) is 11.5 Å². The molecule has 2 heterocycles. The molecule has 4 rings (SSSR count). The molecule has 0 bridgehead atoms. The van der Waals surface area contributed by atoms with Crippen molar-refractivity contribution in [2.45, 2.75) is 38.0 Å². The molecule has 2 aliphatic rings. The Morgan fingerprint density at radius 1 is 1.11 bits per heavy atom. The van der Waals surface area contributed by atoms with Crippen LogP contribution in [0.3, 0.4) is 0 Å². The van der Waals surface area contributed by atoms with E-state index in [0.717, 1.165) is 5.56 Å². The van der Waals surface area contributed by atoms with Crippen molar-refractivity contribution in [1.82, 2.24) is 9.80 Å². The number of ether oxygens (including phenoxy) is 3. The number of cyclic esters (lactones) is 1. The fourth-order valence-electron chi connectivity index (χ4n) is 4.86. The van der Waals surface area contributed by atoms with Crippen LogP contribution < -0.4 is 9.47 Å². The monoisotopic (exact) mass is 495 g/mol. The maximum atomic E-state index is 12.8. The third-order valence-corrected chi connectivity index (χ3v) is 6.75. The van der Waals surface area contributed by atoms with Crippen molar-refractivity contribution in [3.63, 3.8) is 0 Å². The Bertz CT molecular complexity index is 1160. The fraction of sp³-hybridized carbons (Fsp3) is 0.385. The number of nitro benzene ring substituents is 1. The molecule has 0 radical (unpaired) electrons. The zero-order valence-electron chi connectivity index (χ0n) is 20.5. The molecule has 2 aromatic carbocycles. The molecular weight excluding hydrogens is 466 g/mol. The van der Waals surface area contributed by atoms with Crippen molar-refractivity contribution in [2.24, 2.45) is 0 Å². The molecule has 2 fully saturated rings. The van der Waals surface area contributed by atoms with Gasteiger partial charge in [0, 0.05) is 25.2 Å². The average Bonchev–Trinajstić information content (AvgIpc) is 3.20. The molecule has 10 nitrogen and oxygen atoms in total. The highest BCUT2D eigenvalue weighted by Crippen LogP contribution is 2.37. The van der Waals surface area contributed by atoms with Gasteiger partial charge in [0.1, 0.15) is 6.10 Å². The molecule has 36 heavy (non-hydrogen) atoms. The molecule has 190 valence electrons. The summed E-state index contributed by atoms with van der Waals surface area (Å²) in [5, 5.41) is 11.5. The van der Waals surface area contributed by atoms with Crippen LogP contribution in [0.25, 0.3) is 6.08 Å². The van der Waals surface area contributed by atoms with E-state index in [1.165, 1.54) is 38.5 Å². The SMILES string of the molecule is COc1cc(C=CC(=O)N2CCC(N3C(=O)OC(c4ccccc4)C3C)CC2)c([N+](=O)[O-])cc1OC. The van der Waals surface area contributed by atoms with Gasteiger partial charge in [0.15, 0.2) is 11.5 Å². The third kappa shape index (κ3) is 4.98. The molecule has 0 saturated carbocycles. The van der Waals surface area contributed by atoms with Crippen molar-refractivity contribution in [3.05, 3.63) is 69.8 Å². The lowest BCUT2D eigenvalue weighted by molar-refractivity contribution is -0.385. The molecule has 0 spiro atoms. The Kier molecular flexibility index (Phi) is 7.42. The number of methoxy groups -OCH3 is 2. The van der Waals surface area contributed by atoms with Gasteiger partial charge in [0.2, 0.25) is 5.91 Å². The number of carbonyl (C=O) groups excluding carboxylic acids is 2. The van der Waals surface area contributed by atoms with Crippen molar-refractivity contribution < 1.29 is 28.7 Å². The Morgan fingerprint density at radius 2 is 1.75 bits per heavy atom. The van der Waals surface area contributed by atoms with E-state index < -0.39 is 4.92 Å². The number of hydrogen-bond acceptors (Lipinski definition) is 7. The van der Waals surface area contributed by atoms with Gasteiger partial charge in [-0.3, -0.25) is 19.8 Å². The Balaban J connectivity index is 1.40. The molecule has 0 aliphatic carbocycles. The average molecular weight is 496 g/mol. The number of benzene rings is 2. The summed E-state index contributed by atoms with van der Waals surface area (Å²) in [6.07, 6.45) is 3.33. The molecule has 2 saturated heterocycles. The highest BCUT2D eigenvalue weighted by Gasteiger charge is 2.44. The molecule has 2 aromatic rings. The Morgan fingerprint density at radius 3 is 2.36 bits per heavy atom. The van der Waals surface area contributed by atoms with E-state index in [0.29, 0.717) is 31.7 Å². The molecule has 0 aromatic heterocycles. The molecular formula is C26H29N3O7. The van der Waals surface area contributed by atoms with Crippen molar-refractivity contribution in [2.75, 3.05) is 27.3 Å². The first-order valence-corrected chi connectivity index (χ1v) is 11.7. The highest BCUT2D eigenvalue weighted by atomic mass is 16.6. The first kappa shape index (κ1) is 25.0. The lowest BCUT2D eigenvalue weighted by Gasteiger charge is -2.37. The minimum Gasteiger partial charge on any atom is -0.493 e. The largest absolute Gasteiger partial charge is 0.493 e. The van der Waals surface area contributed by atoms with Crippen molar-refractivity contribution in [3.8, 4) is 11.5 Å². The molecule has 2 amide bonds. The second-order valence-corrected chi connectivity index (χ2v) is 8.78. The Hall–Kier alpha value is -4.08. The number of carbonyl (C=O) groups is 2.